The summed E-state index contributed by atoms with van der Waals surface area (Å²) < 4.78 is 5.95. The summed E-state index contributed by atoms with van der Waals surface area (Å²) in [6, 6.07) is 16.2. The Bertz CT molecular complexity index is 558. The second-order valence-corrected chi connectivity index (χ2v) is 5.83. The van der Waals surface area contributed by atoms with Crippen LogP contribution in [0.2, 0.25) is 5.02 Å². The van der Waals surface area contributed by atoms with Gasteiger partial charge < -0.3 is 9.64 Å². The molecule has 0 unspecified atom stereocenters. The highest BCUT2D eigenvalue weighted by molar-refractivity contribution is 6.30. The minimum absolute atomic E-state index is 0. The lowest BCUT2D eigenvalue weighted by Crippen LogP contribution is -2.15. The standard InChI is InChI=1S/C18H22ClNO.ClH/c1-20(2)12-10-16-14-17(19)8-9-18(16)21-13-11-15-6-4-3-5-7-15;/h3-9,14H,10-13H2,1-2H3;1H. The van der Waals surface area contributed by atoms with Crippen molar-refractivity contribution in [3.05, 3.63) is 64.7 Å². The van der Waals surface area contributed by atoms with E-state index >= 15 is 0 Å². The first-order valence-corrected chi connectivity index (χ1v) is 7.63. The molecular weight excluding hydrogens is 317 g/mol. The van der Waals surface area contributed by atoms with E-state index in [1.165, 1.54) is 11.1 Å². The summed E-state index contributed by atoms with van der Waals surface area (Å²) in [5.74, 6) is 0.942. The molecule has 0 aliphatic carbocycles. The van der Waals surface area contributed by atoms with Crippen LogP contribution in [-0.4, -0.2) is 32.1 Å². The Morgan fingerprint density at radius 1 is 1.00 bits per heavy atom. The van der Waals surface area contributed by atoms with Crippen LogP contribution in [0.1, 0.15) is 11.1 Å². The molecule has 0 fully saturated rings. The van der Waals surface area contributed by atoms with E-state index in [9.17, 15) is 0 Å². The van der Waals surface area contributed by atoms with E-state index in [-0.39, 0.29) is 12.4 Å². The first-order valence-electron chi connectivity index (χ1n) is 7.25. The van der Waals surface area contributed by atoms with E-state index in [2.05, 4.69) is 43.3 Å². The summed E-state index contributed by atoms with van der Waals surface area (Å²) in [6.07, 6.45) is 1.85. The number of hydrogen-bond acceptors (Lipinski definition) is 2. The van der Waals surface area contributed by atoms with Crippen LogP contribution in [0.3, 0.4) is 0 Å². The zero-order chi connectivity index (χ0) is 15.1. The van der Waals surface area contributed by atoms with Gasteiger partial charge in [0.15, 0.2) is 0 Å². The minimum Gasteiger partial charge on any atom is -0.493 e. The van der Waals surface area contributed by atoms with Gasteiger partial charge in [-0.2, -0.15) is 0 Å². The maximum Gasteiger partial charge on any atom is 0.122 e. The van der Waals surface area contributed by atoms with Gasteiger partial charge in [0.25, 0.3) is 0 Å². The molecular formula is C18H23Cl2NO. The molecule has 0 amide bonds. The summed E-state index contributed by atoms with van der Waals surface area (Å²) in [5, 5.41) is 0.763. The van der Waals surface area contributed by atoms with Crippen LogP contribution in [0, 0.1) is 0 Å². The van der Waals surface area contributed by atoms with Crippen molar-refractivity contribution in [3.63, 3.8) is 0 Å². The molecule has 0 N–H and O–H groups in total. The first-order chi connectivity index (χ1) is 10.1. The van der Waals surface area contributed by atoms with Crippen LogP contribution in [-0.2, 0) is 12.8 Å². The third kappa shape index (κ3) is 6.27. The van der Waals surface area contributed by atoms with Gasteiger partial charge in [-0.3, -0.25) is 0 Å². The van der Waals surface area contributed by atoms with E-state index < -0.39 is 0 Å². The second kappa shape index (κ2) is 9.73. The Hall–Kier alpha value is -1.22. The highest BCUT2D eigenvalue weighted by Gasteiger charge is 2.06. The number of likely N-dealkylation sites (N-methyl/N-ethyl adjacent to an activating group) is 1. The molecule has 0 aromatic heterocycles. The fraction of sp³-hybridized carbons (Fsp3) is 0.333. The largest absolute Gasteiger partial charge is 0.493 e. The lowest BCUT2D eigenvalue weighted by molar-refractivity contribution is 0.316. The van der Waals surface area contributed by atoms with Crippen LogP contribution in [0.25, 0.3) is 0 Å². The molecule has 2 nitrogen and oxygen atoms in total. The van der Waals surface area contributed by atoms with E-state index in [4.69, 9.17) is 16.3 Å². The summed E-state index contributed by atoms with van der Waals surface area (Å²) in [4.78, 5) is 2.16. The summed E-state index contributed by atoms with van der Waals surface area (Å²) in [7, 11) is 4.14. The topological polar surface area (TPSA) is 12.5 Å². The van der Waals surface area contributed by atoms with E-state index in [1.54, 1.807) is 0 Å². The molecule has 0 aliphatic rings. The molecule has 22 heavy (non-hydrogen) atoms. The third-order valence-corrected chi connectivity index (χ3v) is 3.58. The molecule has 0 atom stereocenters. The maximum atomic E-state index is 6.09. The van der Waals surface area contributed by atoms with Crippen molar-refractivity contribution >= 4 is 24.0 Å². The molecule has 2 aromatic rings. The third-order valence-electron chi connectivity index (χ3n) is 3.34. The van der Waals surface area contributed by atoms with Gasteiger partial charge in [0.1, 0.15) is 5.75 Å². The van der Waals surface area contributed by atoms with Crippen LogP contribution < -0.4 is 4.74 Å². The second-order valence-electron chi connectivity index (χ2n) is 5.39. The number of halogens is 2. The summed E-state index contributed by atoms with van der Waals surface area (Å²) in [5.41, 5.74) is 2.46. The molecule has 0 saturated carbocycles. The van der Waals surface area contributed by atoms with Crippen molar-refractivity contribution < 1.29 is 4.74 Å². The van der Waals surface area contributed by atoms with E-state index in [0.29, 0.717) is 6.61 Å². The quantitative estimate of drug-likeness (QED) is 0.736. The van der Waals surface area contributed by atoms with E-state index in [1.807, 2.05) is 24.3 Å². The predicted octanol–water partition coefficient (Wildman–Crippen LogP) is 4.49. The highest BCUT2D eigenvalue weighted by Crippen LogP contribution is 2.23. The van der Waals surface area contributed by atoms with Crippen molar-refractivity contribution in [1.82, 2.24) is 4.90 Å². The van der Waals surface area contributed by atoms with Crippen molar-refractivity contribution in [2.24, 2.45) is 0 Å². The van der Waals surface area contributed by atoms with Gasteiger partial charge in [-0.15, -0.1) is 12.4 Å². The average Bonchev–Trinajstić information content (AvgIpc) is 2.48. The Morgan fingerprint density at radius 3 is 2.41 bits per heavy atom. The lowest BCUT2D eigenvalue weighted by Gasteiger charge is -2.14. The van der Waals surface area contributed by atoms with Crippen molar-refractivity contribution in [2.75, 3.05) is 27.2 Å². The molecule has 0 spiro atoms. The molecule has 0 aliphatic heterocycles. The van der Waals surface area contributed by atoms with Gasteiger partial charge in [-0.05, 0) is 49.8 Å². The molecule has 0 heterocycles. The molecule has 4 heteroatoms. The van der Waals surface area contributed by atoms with E-state index in [0.717, 1.165) is 30.2 Å². The summed E-state index contributed by atoms with van der Waals surface area (Å²) >= 11 is 6.09. The zero-order valence-corrected chi connectivity index (χ0v) is 14.7. The fourth-order valence-corrected chi connectivity index (χ4v) is 2.35. The number of rotatable bonds is 7. The Labute approximate surface area is 144 Å². The van der Waals surface area contributed by atoms with Crippen molar-refractivity contribution in [1.29, 1.82) is 0 Å². The van der Waals surface area contributed by atoms with Gasteiger partial charge >= 0.3 is 0 Å². The Kier molecular flexibility index (Phi) is 8.32. The van der Waals surface area contributed by atoms with Crippen LogP contribution in [0.5, 0.6) is 5.75 Å². The van der Waals surface area contributed by atoms with Gasteiger partial charge in [0, 0.05) is 18.0 Å². The molecule has 120 valence electrons. The maximum absolute atomic E-state index is 6.09. The lowest BCUT2D eigenvalue weighted by atomic mass is 10.1. The van der Waals surface area contributed by atoms with Crippen molar-refractivity contribution in [2.45, 2.75) is 12.8 Å². The summed E-state index contributed by atoms with van der Waals surface area (Å²) in [6.45, 7) is 1.66. The minimum atomic E-state index is 0. The SMILES string of the molecule is CN(C)CCc1cc(Cl)ccc1OCCc1ccccc1.Cl. The smallest absolute Gasteiger partial charge is 0.122 e. The molecule has 2 aromatic carbocycles. The molecule has 0 radical (unpaired) electrons. The predicted molar refractivity (Wildman–Crippen MR) is 96.6 cm³/mol. The molecule has 0 bridgehead atoms. The highest BCUT2D eigenvalue weighted by atomic mass is 35.5. The van der Waals surface area contributed by atoms with Crippen LogP contribution in [0.15, 0.2) is 48.5 Å². The Morgan fingerprint density at radius 2 is 1.73 bits per heavy atom. The number of benzene rings is 2. The van der Waals surface area contributed by atoms with Crippen LogP contribution in [0.4, 0.5) is 0 Å². The molecule has 2 rings (SSSR count). The monoisotopic (exact) mass is 339 g/mol. The van der Waals surface area contributed by atoms with Crippen molar-refractivity contribution in [3.8, 4) is 5.75 Å². The van der Waals surface area contributed by atoms with Gasteiger partial charge in [0.2, 0.25) is 0 Å². The number of ether oxygens (including phenoxy) is 1. The van der Waals surface area contributed by atoms with Gasteiger partial charge in [0.05, 0.1) is 6.61 Å². The first kappa shape index (κ1) is 18.8. The van der Waals surface area contributed by atoms with Gasteiger partial charge in [-0.1, -0.05) is 41.9 Å². The molecule has 0 saturated heterocycles. The number of nitrogens with zero attached hydrogens (tertiary/aromatic N) is 1. The van der Waals surface area contributed by atoms with Crippen LogP contribution >= 0.6 is 24.0 Å². The number of hydrogen-bond donors (Lipinski definition) is 0. The Balaban J connectivity index is 0.00000242. The van der Waals surface area contributed by atoms with Gasteiger partial charge in [-0.25, -0.2) is 0 Å². The fourth-order valence-electron chi connectivity index (χ4n) is 2.15. The zero-order valence-electron chi connectivity index (χ0n) is 13.1. The average molecular weight is 340 g/mol. The normalized spacial score (nSPS) is 10.4.